The number of nitrogens with two attached hydrogens (primary N) is 1. The topological polar surface area (TPSA) is 32.5 Å². The molecule has 0 spiro atoms. The van der Waals surface area contributed by atoms with Crippen molar-refractivity contribution in [3.8, 4) is 0 Å². The largest absolute Gasteiger partial charge is 0.330 e. The van der Waals surface area contributed by atoms with Crippen LogP contribution in [0.1, 0.15) is 26.2 Å². The second-order valence-corrected chi connectivity index (χ2v) is 5.41. The fourth-order valence-corrected chi connectivity index (χ4v) is 2.74. The summed E-state index contributed by atoms with van der Waals surface area (Å²) in [5, 5.41) is 0. The molecule has 0 aromatic heterocycles. The van der Waals surface area contributed by atoms with Gasteiger partial charge in [-0.1, -0.05) is 13.3 Å². The summed E-state index contributed by atoms with van der Waals surface area (Å²) >= 11 is 0. The lowest BCUT2D eigenvalue weighted by Crippen LogP contribution is -2.43. The van der Waals surface area contributed by atoms with Gasteiger partial charge in [-0.05, 0) is 65.0 Å². The fourth-order valence-electron chi connectivity index (χ4n) is 2.74. The number of hydrogen-bond acceptors (Lipinski definition) is 3. The first-order valence-electron chi connectivity index (χ1n) is 6.74. The summed E-state index contributed by atoms with van der Waals surface area (Å²) in [5.41, 5.74) is 5.83. The van der Waals surface area contributed by atoms with Crippen molar-refractivity contribution in [2.24, 2.45) is 17.6 Å². The third-order valence-electron chi connectivity index (χ3n) is 3.88. The fraction of sp³-hybridized carbons (Fsp3) is 1.00. The number of rotatable bonds is 6. The Kier molecular flexibility index (Phi) is 6.32. The van der Waals surface area contributed by atoms with E-state index in [0.29, 0.717) is 0 Å². The number of nitrogens with zero attached hydrogens (tertiary/aromatic N) is 2. The minimum Gasteiger partial charge on any atom is -0.330 e. The molecule has 1 rings (SSSR count). The Morgan fingerprint density at radius 2 is 2.06 bits per heavy atom. The van der Waals surface area contributed by atoms with Gasteiger partial charge in [-0.15, -0.1) is 0 Å². The minimum absolute atomic E-state index is 0.773. The first-order valence-corrected chi connectivity index (χ1v) is 6.74. The van der Waals surface area contributed by atoms with E-state index in [9.17, 15) is 0 Å². The van der Waals surface area contributed by atoms with Crippen LogP contribution < -0.4 is 5.73 Å². The summed E-state index contributed by atoms with van der Waals surface area (Å²) in [7, 11) is 4.30. The summed E-state index contributed by atoms with van der Waals surface area (Å²) < 4.78 is 0. The molecule has 0 aliphatic carbocycles. The molecule has 1 heterocycles. The molecule has 16 heavy (non-hydrogen) atoms. The van der Waals surface area contributed by atoms with Crippen molar-refractivity contribution < 1.29 is 0 Å². The molecule has 3 nitrogen and oxygen atoms in total. The van der Waals surface area contributed by atoms with Crippen LogP contribution in [0.15, 0.2) is 0 Å². The van der Waals surface area contributed by atoms with Crippen LogP contribution in [0.25, 0.3) is 0 Å². The van der Waals surface area contributed by atoms with Gasteiger partial charge < -0.3 is 15.5 Å². The average Bonchev–Trinajstić information content (AvgIpc) is 2.28. The van der Waals surface area contributed by atoms with Gasteiger partial charge in [-0.3, -0.25) is 0 Å². The van der Waals surface area contributed by atoms with Crippen LogP contribution >= 0.6 is 0 Å². The normalized spacial score (nSPS) is 27.6. The number of hydrogen-bond donors (Lipinski definition) is 1. The summed E-state index contributed by atoms with van der Waals surface area (Å²) in [6.07, 6.45) is 3.87. The zero-order chi connectivity index (χ0) is 12.0. The van der Waals surface area contributed by atoms with Gasteiger partial charge in [-0.25, -0.2) is 0 Å². The first-order chi connectivity index (χ1) is 7.67. The SMILES string of the molecule is CCC1CN(CCCN(C)C)CCC1CN. The lowest BCUT2D eigenvalue weighted by atomic mass is 9.84. The Bertz CT molecular complexity index is 182. The van der Waals surface area contributed by atoms with Crippen molar-refractivity contribution in [3.05, 3.63) is 0 Å². The summed E-state index contributed by atoms with van der Waals surface area (Å²) in [5.74, 6) is 1.60. The number of likely N-dealkylation sites (tertiary alicyclic amines) is 1. The van der Waals surface area contributed by atoms with E-state index >= 15 is 0 Å². The van der Waals surface area contributed by atoms with Crippen molar-refractivity contribution in [2.45, 2.75) is 26.2 Å². The highest BCUT2D eigenvalue weighted by molar-refractivity contribution is 4.80. The van der Waals surface area contributed by atoms with Gasteiger partial charge in [0, 0.05) is 6.54 Å². The predicted molar refractivity (Wildman–Crippen MR) is 70.6 cm³/mol. The maximum atomic E-state index is 5.83. The van der Waals surface area contributed by atoms with E-state index in [1.807, 2.05) is 0 Å². The van der Waals surface area contributed by atoms with Gasteiger partial charge >= 0.3 is 0 Å². The van der Waals surface area contributed by atoms with Gasteiger partial charge in [-0.2, -0.15) is 0 Å². The van der Waals surface area contributed by atoms with Gasteiger partial charge in [0.2, 0.25) is 0 Å². The Balaban J connectivity index is 2.25. The maximum Gasteiger partial charge on any atom is 0.00127 e. The molecule has 2 atom stereocenters. The average molecular weight is 227 g/mol. The van der Waals surface area contributed by atoms with Crippen molar-refractivity contribution in [1.29, 1.82) is 0 Å². The number of piperidine rings is 1. The third kappa shape index (κ3) is 4.40. The summed E-state index contributed by atoms with van der Waals surface area (Å²) in [6, 6.07) is 0. The highest BCUT2D eigenvalue weighted by Crippen LogP contribution is 2.25. The molecule has 2 N–H and O–H groups in total. The van der Waals surface area contributed by atoms with E-state index < -0.39 is 0 Å². The van der Waals surface area contributed by atoms with Crippen LogP contribution in [0.4, 0.5) is 0 Å². The molecule has 1 aliphatic heterocycles. The minimum atomic E-state index is 0.773. The summed E-state index contributed by atoms with van der Waals surface area (Å²) in [4.78, 5) is 4.90. The zero-order valence-electron chi connectivity index (χ0n) is 11.3. The molecule has 0 amide bonds. The molecule has 0 aromatic carbocycles. The lowest BCUT2D eigenvalue weighted by Gasteiger charge is -2.38. The predicted octanol–water partition coefficient (Wildman–Crippen LogP) is 1.24. The van der Waals surface area contributed by atoms with E-state index in [2.05, 4.69) is 30.8 Å². The van der Waals surface area contributed by atoms with E-state index in [4.69, 9.17) is 5.73 Å². The lowest BCUT2D eigenvalue weighted by molar-refractivity contribution is 0.116. The van der Waals surface area contributed by atoms with Crippen molar-refractivity contribution in [3.63, 3.8) is 0 Å². The molecular formula is C13H29N3. The molecule has 0 saturated carbocycles. The van der Waals surface area contributed by atoms with E-state index in [1.165, 1.54) is 45.4 Å². The van der Waals surface area contributed by atoms with E-state index in [-0.39, 0.29) is 0 Å². The molecule has 1 aliphatic rings. The van der Waals surface area contributed by atoms with Crippen LogP contribution in [0.5, 0.6) is 0 Å². The van der Waals surface area contributed by atoms with Gasteiger partial charge in [0.1, 0.15) is 0 Å². The van der Waals surface area contributed by atoms with Gasteiger partial charge in [0.05, 0.1) is 0 Å². The monoisotopic (exact) mass is 227 g/mol. The van der Waals surface area contributed by atoms with Crippen molar-refractivity contribution >= 4 is 0 Å². The molecule has 3 heteroatoms. The van der Waals surface area contributed by atoms with Gasteiger partial charge in [0.25, 0.3) is 0 Å². The van der Waals surface area contributed by atoms with Crippen LogP contribution in [0.3, 0.4) is 0 Å². The smallest absolute Gasteiger partial charge is 0.00127 e. The zero-order valence-corrected chi connectivity index (χ0v) is 11.3. The molecule has 2 unspecified atom stereocenters. The Morgan fingerprint density at radius 1 is 1.31 bits per heavy atom. The van der Waals surface area contributed by atoms with Crippen molar-refractivity contribution in [2.75, 3.05) is 46.8 Å². The van der Waals surface area contributed by atoms with Crippen LogP contribution in [-0.2, 0) is 0 Å². The second-order valence-electron chi connectivity index (χ2n) is 5.41. The molecule has 1 fully saturated rings. The van der Waals surface area contributed by atoms with Gasteiger partial charge in [0.15, 0.2) is 0 Å². The van der Waals surface area contributed by atoms with Crippen LogP contribution in [0, 0.1) is 11.8 Å². The molecule has 1 saturated heterocycles. The highest BCUT2D eigenvalue weighted by atomic mass is 15.1. The molecule has 0 bridgehead atoms. The maximum absolute atomic E-state index is 5.83. The highest BCUT2D eigenvalue weighted by Gasteiger charge is 2.26. The molecule has 96 valence electrons. The standard InChI is InChI=1S/C13H29N3/c1-4-12-11-16(8-5-7-15(2)3)9-6-13(12)10-14/h12-13H,4-11,14H2,1-3H3. The van der Waals surface area contributed by atoms with Crippen LogP contribution in [-0.4, -0.2) is 56.6 Å². The Hall–Kier alpha value is -0.120. The first kappa shape index (κ1) is 13.9. The van der Waals surface area contributed by atoms with E-state index in [1.54, 1.807) is 0 Å². The quantitative estimate of drug-likeness (QED) is 0.741. The van der Waals surface area contributed by atoms with Crippen molar-refractivity contribution in [1.82, 2.24) is 9.80 Å². The summed E-state index contributed by atoms with van der Waals surface area (Å²) in [6.45, 7) is 8.16. The Morgan fingerprint density at radius 3 is 2.62 bits per heavy atom. The molecular weight excluding hydrogens is 198 g/mol. The molecule has 0 radical (unpaired) electrons. The second kappa shape index (κ2) is 7.25. The van der Waals surface area contributed by atoms with E-state index in [0.717, 1.165) is 18.4 Å². The molecule has 0 aromatic rings. The third-order valence-corrected chi connectivity index (χ3v) is 3.88. The van der Waals surface area contributed by atoms with Crippen LogP contribution in [0.2, 0.25) is 0 Å². The Labute approximate surface area is 101 Å².